The van der Waals surface area contributed by atoms with E-state index in [1.807, 2.05) is 13.0 Å². The number of ether oxygens (including phenoxy) is 1. The summed E-state index contributed by atoms with van der Waals surface area (Å²) in [5, 5.41) is 11.5. The summed E-state index contributed by atoms with van der Waals surface area (Å²) < 4.78 is 5.13. The minimum Gasteiger partial charge on any atom is -0.453 e. The molecule has 1 N–H and O–H groups in total. The first-order valence-electron chi connectivity index (χ1n) is 9.77. The number of fused-ring (bicyclic) bond motifs is 1. The number of carbonyl (C=O) groups excluding carboxylic acids is 4. The second-order valence-electron chi connectivity index (χ2n) is 7.23. The Morgan fingerprint density at radius 3 is 2.61 bits per heavy atom. The summed E-state index contributed by atoms with van der Waals surface area (Å²) >= 11 is 0. The Labute approximate surface area is 179 Å². The number of nitriles is 1. The van der Waals surface area contributed by atoms with Crippen molar-refractivity contribution in [2.45, 2.75) is 32.8 Å². The van der Waals surface area contributed by atoms with Crippen LogP contribution in [0.25, 0.3) is 0 Å². The van der Waals surface area contributed by atoms with E-state index in [1.165, 1.54) is 13.0 Å². The van der Waals surface area contributed by atoms with Crippen LogP contribution in [0.2, 0.25) is 0 Å². The molecule has 3 rings (SSSR count). The van der Waals surface area contributed by atoms with Gasteiger partial charge >= 0.3 is 5.97 Å². The molecular weight excluding hydrogens is 398 g/mol. The topological polar surface area (TPSA) is 117 Å². The van der Waals surface area contributed by atoms with E-state index in [4.69, 9.17) is 10.00 Å². The van der Waals surface area contributed by atoms with Gasteiger partial charge in [0.2, 0.25) is 0 Å². The fourth-order valence-corrected chi connectivity index (χ4v) is 3.21. The van der Waals surface area contributed by atoms with Crippen molar-refractivity contribution in [1.29, 1.82) is 5.26 Å². The maximum Gasteiger partial charge on any atom is 0.306 e. The SMILES string of the molecule is Cc1ccc2c(c1)C(=O)N(CCCC(=O)OC(C)C(=O)Nc1cccc(C#N)c1)C2=O. The molecule has 0 aliphatic carbocycles. The summed E-state index contributed by atoms with van der Waals surface area (Å²) in [6, 6.07) is 13.4. The molecule has 0 spiro atoms. The van der Waals surface area contributed by atoms with E-state index in [9.17, 15) is 19.2 Å². The van der Waals surface area contributed by atoms with Crippen molar-refractivity contribution in [2.75, 3.05) is 11.9 Å². The van der Waals surface area contributed by atoms with Crippen molar-refractivity contribution in [3.63, 3.8) is 0 Å². The number of amides is 3. The minimum atomic E-state index is -1.04. The lowest BCUT2D eigenvalue weighted by atomic mass is 10.1. The number of imide groups is 1. The van der Waals surface area contributed by atoms with Crippen LogP contribution >= 0.6 is 0 Å². The van der Waals surface area contributed by atoms with E-state index >= 15 is 0 Å². The van der Waals surface area contributed by atoms with Crippen molar-refractivity contribution >= 4 is 29.4 Å². The average Bonchev–Trinajstić information content (AvgIpc) is 2.98. The van der Waals surface area contributed by atoms with Gasteiger partial charge in [0, 0.05) is 18.7 Å². The van der Waals surface area contributed by atoms with Gasteiger partial charge in [-0.1, -0.05) is 17.7 Å². The van der Waals surface area contributed by atoms with Gasteiger partial charge in [0.15, 0.2) is 6.10 Å². The fraction of sp³-hybridized carbons (Fsp3) is 0.261. The molecule has 158 valence electrons. The lowest BCUT2D eigenvalue weighted by Crippen LogP contribution is -2.32. The third-order valence-electron chi connectivity index (χ3n) is 4.83. The Bertz CT molecular complexity index is 1100. The number of carbonyl (C=O) groups is 4. The minimum absolute atomic E-state index is 0.0476. The maximum atomic E-state index is 12.4. The first-order chi connectivity index (χ1) is 14.8. The van der Waals surface area contributed by atoms with E-state index in [-0.39, 0.29) is 31.2 Å². The third kappa shape index (κ3) is 4.95. The largest absolute Gasteiger partial charge is 0.453 e. The Kier molecular flexibility index (Phi) is 6.46. The third-order valence-corrected chi connectivity index (χ3v) is 4.83. The molecule has 1 atom stereocenters. The van der Waals surface area contributed by atoms with E-state index in [1.54, 1.807) is 36.4 Å². The second-order valence-corrected chi connectivity index (χ2v) is 7.23. The van der Waals surface area contributed by atoms with Crippen LogP contribution < -0.4 is 5.32 Å². The summed E-state index contributed by atoms with van der Waals surface area (Å²) in [6.07, 6.45) is -0.865. The molecule has 0 radical (unpaired) electrons. The number of hydrogen-bond acceptors (Lipinski definition) is 6. The van der Waals surface area contributed by atoms with Crippen LogP contribution in [0, 0.1) is 18.3 Å². The van der Waals surface area contributed by atoms with Crippen molar-refractivity contribution in [3.8, 4) is 6.07 Å². The van der Waals surface area contributed by atoms with Crippen molar-refractivity contribution in [1.82, 2.24) is 4.90 Å². The predicted octanol–water partition coefficient (Wildman–Crippen LogP) is 2.81. The van der Waals surface area contributed by atoms with Gasteiger partial charge in [-0.05, 0) is 50.6 Å². The molecule has 31 heavy (non-hydrogen) atoms. The molecule has 8 nitrogen and oxygen atoms in total. The Morgan fingerprint density at radius 2 is 1.87 bits per heavy atom. The Morgan fingerprint density at radius 1 is 1.13 bits per heavy atom. The second kappa shape index (κ2) is 9.22. The monoisotopic (exact) mass is 419 g/mol. The van der Waals surface area contributed by atoms with E-state index in [2.05, 4.69) is 5.32 Å². The number of nitrogens with zero attached hydrogens (tertiary/aromatic N) is 2. The summed E-state index contributed by atoms with van der Waals surface area (Å²) in [6.45, 7) is 3.37. The summed E-state index contributed by atoms with van der Waals surface area (Å²) in [5.41, 5.74) is 2.44. The van der Waals surface area contributed by atoms with Crippen molar-refractivity contribution in [3.05, 3.63) is 64.7 Å². The Balaban J connectivity index is 1.47. The molecule has 1 heterocycles. The van der Waals surface area contributed by atoms with Crippen LogP contribution in [0.4, 0.5) is 5.69 Å². The lowest BCUT2D eigenvalue weighted by Gasteiger charge is -2.15. The number of hydrogen-bond donors (Lipinski definition) is 1. The van der Waals surface area contributed by atoms with Crippen molar-refractivity contribution in [2.24, 2.45) is 0 Å². The highest BCUT2D eigenvalue weighted by Crippen LogP contribution is 2.24. The van der Waals surface area contributed by atoms with Crippen LogP contribution in [0.15, 0.2) is 42.5 Å². The molecule has 3 amide bonds. The van der Waals surface area contributed by atoms with Gasteiger partial charge in [0.25, 0.3) is 17.7 Å². The zero-order valence-electron chi connectivity index (χ0n) is 17.2. The van der Waals surface area contributed by atoms with Crippen LogP contribution in [0.3, 0.4) is 0 Å². The average molecular weight is 419 g/mol. The zero-order valence-corrected chi connectivity index (χ0v) is 17.2. The van der Waals surface area contributed by atoms with Gasteiger partial charge in [0.1, 0.15) is 0 Å². The van der Waals surface area contributed by atoms with Gasteiger partial charge in [-0.25, -0.2) is 0 Å². The first kappa shape index (κ1) is 21.7. The summed E-state index contributed by atoms with van der Waals surface area (Å²) in [5.74, 6) is -1.88. The Hall–Kier alpha value is -3.99. The van der Waals surface area contributed by atoms with Crippen LogP contribution in [0.1, 0.15) is 51.6 Å². The number of esters is 1. The van der Waals surface area contributed by atoms with Gasteiger partial charge < -0.3 is 10.1 Å². The summed E-state index contributed by atoms with van der Waals surface area (Å²) in [7, 11) is 0. The van der Waals surface area contributed by atoms with Gasteiger partial charge in [0.05, 0.1) is 22.8 Å². The molecule has 0 fully saturated rings. The normalized spacial score (nSPS) is 13.4. The number of benzene rings is 2. The highest BCUT2D eigenvalue weighted by molar-refractivity contribution is 6.21. The number of aryl methyl sites for hydroxylation is 1. The molecule has 1 unspecified atom stereocenters. The highest BCUT2D eigenvalue weighted by atomic mass is 16.5. The van der Waals surface area contributed by atoms with Crippen LogP contribution in [0.5, 0.6) is 0 Å². The molecule has 0 aromatic heterocycles. The van der Waals surface area contributed by atoms with E-state index < -0.39 is 18.0 Å². The van der Waals surface area contributed by atoms with Crippen LogP contribution in [-0.2, 0) is 14.3 Å². The van der Waals surface area contributed by atoms with Gasteiger partial charge in [-0.15, -0.1) is 0 Å². The van der Waals surface area contributed by atoms with E-state index in [0.29, 0.717) is 22.4 Å². The van der Waals surface area contributed by atoms with Crippen molar-refractivity contribution < 1.29 is 23.9 Å². The zero-order chi connectivity index (χ0) is 22.5. The first-order valence-corrected chi connectivity index (χ1v) is 9.77. The molecule has 0 saturated heterocycles. The smallest absolute Gasteiger partial charge is 0.306 e. The lowest BCUT2D eigenvalue weighted by molar-refractivity contribution is -0.153. The molecule has 2 aromatic carbocycles. The molecule has 0 bridgehead atoms. The summed E-state index contributed by atoms with van der Waals surface area (Å²) in [4.78, 5) is 50.2. The van der Waals surface area contributed by atoms with Crippen LogP contribution in [-0.4, -0.2) is 41.2 Å². The molecular formula is C23H21N3O5. The number of nitrogens with one attached hydrogen (secondary N) is 1. The highest BCUT2D eigenvalue weighted by Gasteiger charge is 2.35. The molecule has 2 aromatic rings. The number of rotatable bonds is 7. The van der Waals surface area contributed by atoms with E-state index in [0.717, 1.165) is 10.5 Å². The molecule has 1 aliphatic heterocycles. The maximum absolute atomic E-state index is 12.4. The fourth-order valence-electron chi connectivity index (χ4n) is 3.21. The molecule has 0 saturated carbocycles. The number of anilines is 1. The quantitative estimate of drug-likeness (QED) is 0.545. The molecule has 1 aliphatic rings. The standard InChI is InChI=1S/C23H21N3O5/c1-14-8-9-18-19(11-14)23(30)26(22(18)29)10-4-7-20(27)31-15(2)21(28)25-17-6-3-5-16(12-17)13-24/h3,5-6,8-9,11-12,15H,4,7,10H2,1-2H3,(H,25,28). The van der Waals surface area contributed by atoms with Gasteiger partial charge in [-0.2, -0.15) is 5.26 Å². The molecule has 8 heteroatoms. The predicted molar refractivity (Wildman–Crippen MR) is 111 cm³/mol. The van der Waals surface area contributed by atoms with Gasteiger partial charge in [-0.3, -0.25) is 24.1 Å².